The molecule has 0 aliphatic heterocycles. The SMILES string of the molecule is C=C1[C@H](O)CC(=C/C=C2\CCC[C@@]3(C)[C@H]2CC[C@]3(I)CCCCC(C)C)C[C@H]1O. The molecule has 2 nitrogen and oxygen atoms in total. The smallest absolute Gasteiger partial charge is 0.0809 e. The second-order valence-corrected chi connectivity index (χ2v) is 12.6. The van der Waals surface area contributed by atoms with Crippen molar-refractivity contribution >= 4 is 22.6 Å². The molecular formula is C26H41IO2. The molecule has 29 heavy (non-hydrogen) atoms. The van der Waals surface area contributed by atoms with Crippen molar-refractivity contribution in [2.24, 2.45) is 17.3 Å². The lowest BCUT2D eigenvalue weighted by Gasteiger charge is -2.47. The Morgan fingerprint density at radius 1 is 1.14 bits per heavy atom. The monoisotopic (exact) mass is 512 g/mol. The molecule has 3 saturated carbocycles. The van der Waals surface area contributed by atoms with Crippen molar-refractivity contribution in [3.05, 3.63) is 35.5 Å². The predicted molar refractivity (Wildman–Crippen MR) is 131 cm³/mol. The Balaban J connectivity index is 1.70. The highest BCUT2D eigenvalue weighted by molar-refractivity contribution is 14.1. The van der Waals surface area contributed by atoms with Crippen LogP contribution in [0.5, 0.6) is 0 Å². The van der Waals surface area contributed by atoms with Gasteiger partial charge in [0.05, 0.1) is 12.2 Å². The molecule has 0 bridgehead atoms. The molecule has 0 amide bonds. The minimum atomic E-state index is -0.598. The van der Waals surface area contributed by atoms with E-state index in [4.69, 9.17) is 0 Å². The summed E-state index contributed by atoms with van der Waals surface area (Å²) in [5, 5.41) is 20.3. The van der Waals surface area contributed by atoms with Gasteiger partial charge in [0.15, 0.2) is 0 Å². The third-order valence-electron chi connectivity index (χ3n) is 8.14. The molecule has 0 radical (unpaired) electrons. The highest BCUT2D eigenvalue weighted by Crippen LogP contribution is 2.64. The Kier molecular flexibility index (Phi) is 7.76. The summed E-state index contributed by atoms with van der Waals surface area (Å²) in [6.07, 6.45) is 16.6. The molecule has 0 heterocycles. The lowest BCUT2D eigenvalue weighted by Crippen LogP contribution is -2.42. The summed E-state index contributed by atoms with van der Waals surface area (Å²) in [5.74, 6) is 1.52. The Labute approximate surface area is 192 Å². The van der Waals surface area contributed by atoms with E-state index in [1.807, 2.05) is 0 Å². The number of alkyl halides is 1. The molecule has 0 aromatic rings. The molecular weight excluding hydrogens is 471 g/mol. The molecule has 3 rings (SSSR count). The van der Waals surface area contributed by atoms with E-state index in [1.54, 1.807) is 5.57 Å². The molecule has 3 fully saturated rings. The number of hydrogen-bond donors (Lipinski definition) is 2. The van der Waals surface area contributed by atoms with Crippen molar-refractivity contribution < 1.29 is 10.2 Å². The van der Waals surface area contributed by atoms with Gasteiger partial charge in [0.25, 0.3) is 0 Å². The van der Waals surface area contributed by atoms with Gasteiger partial charge >= 0.3 is 0 Å². The van der Waals surface area contributed by atoms with Crippen molar-refractivity contribution in [3.8, 4) is 0 Å². The van der Waals surface area contributed by atoms with Crippen LogP contribution in [0.3, 0.4) is 0 Å². The van der Waals surface area contributed by atoms with E-state index in [2.05, 4.69) is 62.1 Å². The fraction of sp³-hybridized carbons (Fsp3) is 0.769. The van der Waals surface area contributed by atoms with Gasteiger partial charge in [0, 0.05) is 3.42 Å². The second-order valence-electron chi connectivity index (χ2n) is 10.5. The van der Waals surface area contributed by atoms with Gasteiger partial charge in [-0.3, -0.25) is 0 Å². The van der Waals surface area contributed by atoms with E-state index in [1.165, 1.54) is 57.8 Å². The van der Waals surface area contributed by atoms with Gasteiger partial charge in [-0.25, -0.2) is 0 Å². The normalized spacial score (nSPS) is 39.3. The number of aliphatic hydroxyl groups excluding tert-OH is 2. The zero-order valence-electron chi connectivity index (χ0n) is 18.7. The zero-order chi connectivity index (χ0) is 21.2. The molecule has 2 N–H and O–H groups in total. The van der Waals surface area contributed by atoms with E-state index in [0.717, 1.165) is 11.5 Å². The quantitative estimate of drug-likeness (QED) is 0.176. The topological polar surface area (TPSA) is 40.5 Å². The lowest BCUT2D eigenvalue weighted by molar-refractivity contribution is 0.123. The summed E-state index contributed by atoms with van der Waals surface area (Å²) < 4.78 is 0.439. The average Bonchev–Trinajstić information content (AvgIpc) is 2.93. The fourth-order valence-corrected chi connectivity index (χ4v) is 7.45. The Morgan fingerprint density at radius 3 is 2.48 bits per heavy atom. The third-order valence-corrected chi connectivity index (χ3v) is 10.4. The van der Waals surface area contributed by atoms with E-state index in [-0.39, 0.29) is 0 Å². The van der Waals surface area contributed by atoms with Crippen LogP contribution in [0.25, 0.3) is 0 Å². The van der Waals surface area contributed by atoms with Gasteiger partial charge in [0.2, 0.25) is 0 Å². The standard InChI is InChI=1S/C26H41IO2/c1-18(2)8-5-6-14-26(27)15-12-22-21(9-7-13-25(22,26)4)11-10-20-16-23(28)19(3)24(29)17-20/h10-11,18,22-24,28-29H,3,5-9,12-17H2,1-2,4H3/b21-11+/t22-,23+,24+,25-,26+/m0/s1. The average molecular weight is 513 g/mol. The number of hydrogen-bond acceptors (Lipinski definition) is 2. The van der Waals surface area contributed by atoms with Crippen molar-refractivity contribution in [2.75, 3.05) is 0 Å². The first-order chi connectivity index (χ1) is 13.7. The van der Waals surface area contributed by atoms with Crippen molar-refractivity contribution in [3.63, 3.8) is 0 Å². The van der Waals surface area contributed by atoms with E-state index < -0.39 is 12.2 Å². The number of fused-ring (bicyclic) bond motifs is 1. The summed E-state index contributed by atoms with van der Waals surface area (Å²) in [6.45, 7) is 11.1. The molecule has 3 aliphatic carbocycles. The van der Waals surface area contributed by atoms with Crippen LogP contribution in [0.2, 0.25) is 0 Å². The number of allylic oxidation sites excluding steroid dienone is 3. The molecule has 0 aromatic carbocycles. The Hall–Kier alpha value is -0.130. The minimum absolute atomic E-state index is 0.411. The van der Waals surface area contributed by atoms with Crippen LogP contribution in [0, 0.1) is 17.3 Å². The second kappa shape index (κ2) is 9.56. The first-order valence-electron chi connectivity index (χ1n) is 11.8. The van der Waals surface area contributed by atoms with E-state index in [0.29, 0.717) is 33.2 Å². The first kappa shape index (κ1) is 23.5. The minimum Gasteiger partial charge on any atom is -0.388 e. The summed E-state index contributed by atoms with van der Waals surface area (Å²) >= 11 is 2.84. The van der Waals surface area contributed by atoms with Crippen molar-refractivity contribution in [2.45, 2.75) is 107 Å². The largest absolute Gasteiger partial charge is 0.388 e. The highest BCUT2D eigenvalue weighted by atomic mass is 127. The van der Waals surface area contributed by atoms with Crippen LogP contribution < -0.4 is 0 Å². The zero-order valence-corrected chi connectivity index (χ0v) is 20.9. The number of halogens is 1. The summed E-state index contributed by atoms with van der Waals surface area (Å²) in [6, 6.07) is 0. The molecule has 0 spiro atoms. The van der Waals surface area contributed by atoms with Gasteiger partial charge in [0.1, 0.15) is 0 Å². The number of rotatable bonds is 6. The molecule has 0 aromatic heterocycles. The first-order valence-corrected chi connectivity index (χ1v) is 12.9. The van der Waals surface area contributed by atoms with Crippen LogP contribution >= 0.6 is 22.6 Å². The molecule has 3 heteroatoms. The Morgan fingerprint density at radius 2 is 1.83 bits per heavy atom. The van der Waals surface area contributed by atoms with Crippen LogP contribution in [0.15, 0.2) is 35.5 Å². The van der Waals surface area contributed by atoms with Crippen LogP contribution in [-0.4, -0.2) is 25.8 Å². The van der Waals surface area contributed by atoms with Gasteiger partial charge in [-0.05, 0) is 74.2 Å². The third kappa shape index (κ3) is 5.03. The highest BCUT2D eigenvalue weighted by Gasteiger charge is 2.56. The van der Waals surface area contributed by atoms with E-state index in [9.17, 15) is 10.2 Å². The maximum absolute atomic E-state index is 10.1. The van der Waals surface area contributed by atoms with Gasteiger partial charge in [-0.15, -0.1) is 0 Å². The maximum atomic E-state index is 10.1. The summed E-state index contributed by atoms with van der Waals surface area (Å²) in [7, 11) is 0. The lowest BCUT2D eigenvalue weighted by atomic mass is 9.62. The summed E-state index contributed by atoms with van der Waals surface area (Å²) in [5.41, 5.74) is 3.75. The Bertz CT molecular complexity index is 648. The number of aliphatic hydroxyl groups is 2. The molecule has 164 valence electrons. The van der Waals surface area contributed by atoms with Crippen LogP contribution in [0.1, 0.15) is 91.4 Å². The van der Waals surface area contributed by atoms with Crippen molar-refractivity contribution in [1.82, 2.24) is 0 Å². The van der Waals surface area contributed by atoms with Crippen LogP contribution in [0.4, 0.5) is 0 Å². The van der Waals surface area contributed by atoms with Gasteiger partial charge in [-0.2, -0.15) is 0 Å². The van der Waals surface area contributed by atoms with E-state index >= 15 is 0 Å². The molecule has 5 atom stereocenters. The van der Waals surface area contributed by atoms with Crippen molar-refractivity contribution in [1.29, 1.82) is 0 Å². The van der Waals surface area contributed by atoms with Crippen LogP contribution in [-0.2, 0) is 0 Å². The molecule has 3 aliphatic rings. The maximum Gasteiger partial charge on any atom is 0.0809 e. The van der Waals surface area contributed by atoms with Gasteiger partial charge < -0.3 is 10.2 Å². The van der Waals surface area contributed by atoms with Gasteiger partial charge in [-0.1, -0.05) is 92.5 Å². The molecule has 0 saturated heterocycles. The predicted octanol–water partition coefficient (Wildman–Crippen LogP) is 6.90. The number of unbranched alkanes of at least 4 members (excludes halogenated alkanes) is 1. The molecule has 0 unspecified atom stereocenters. The fourth-order valence-electron chi connectivity index (χ4n) is 6.11. The summed E-state index contributed by atoms with van der Waals surface area (Å²) in [4.78, 5) is 0.